The van der Waals surface area contributed by atoms with Crippen LogP contribution >= 0.6 is 11.3 Å². The van der Waals surface area contributed by atoms with E-state index < -0.39 is 11.6 Å². The van der Waals surface area contributed by atoms with Crippen LogP contribution in [0.15, 0.2) is 36.4 Å². The van der Waals surface area contributed by atoms with Gasteiger partial charge in [0.2, 0.25) is 0 Å². The summed E-state index contributed by atoms with van der Waals surface area (Å²) in [5, 5.41) is 10.4. The summed E-state index contributed by atoms with van der Waals surface area (Å²) in [7, 11) is 1.59. The third-order valence-electron chi connectivity index (χ3n) is 6.44. The van der Waals surface area contributed by atoms with Crippen LogP contribution < -0.4 is 15.2 Å². The Kier molecular flexibility index (Phi) is 5.01. The van der Waals surface area contributed by atoms with E-state index in [0.29, 0.717) is 53.6 Å². The zero-order valence-corrected chi connectivity index (χ0v) is 18.7. The lowest BCUT2D eigenvalue weighted by atomic mass is 9.82. The lowest BCUT2D eigenvalue weighted by molar-refractivity contribution is -0.00562. The van der Waals surface area contributed by atoms with Crippen molar-refractivity contribution >= 4 is 44.1 Å². The van der Waals surface area contributed by atoms with Gasteiger partial charge < -0.3 is 25.2 Å². The number of methoxy groups -OCH3 is 1. The number of aromatic carboxylic acids is 1. The summed E-state index contributed by atoms with van der Waals surface area (Å²) in [5.74, 6) is -0.291. The summed E-state index contributed by atoms with van der Waals surface area (Å²) >= 11 is 1.33. The number of hydrogen-bond acceptors (Lipinski definition) is 7. The molecule has 0 unspecified atom stereocenters. The second kappa shape index (κ2) is 7.77. The van der Waals surface area contributed by atoms with E-state index in [1.807, 2.05) is 18.2 Å². The average Bonchev–Trinajstić information content (AvgIpc) is 3.14. The van der Waals surface area contributed by atoms with Gasteiger partial charge in [0, 0.05) is 31.3 Å². The standard InChI is InChI=1S/C24H22N2O6S/c1-31-18-4-2-3-14-19(21(25)33-20(14)18)22(28)26-9-7-24(8-10-26)12-16(27)15-11-13(23(29)30)5-6-17(15)32-24/h2-6,11H,7-10,12,25H2,1H3,(H,29,30). The van der Waals surface area contributed by atoms with Crippen molar-refractivity contribution in [3.63, 3.8) is 0 Å². The summed E-state index contributed by atoms with van der Waals surface area (Å²) < 4.78 is 12.5. The van der Waals surface area contributed by atoms with Crippen molar-refractivity contribution in [2.24, 2.45) is 0 Å². The molecule has 0 atom stereocenters. The Balaban J connectivity index is 1.36. The number of amides is 1. The topological polar surface area (TPSA) is 119 Å². The number of carbonyl (C=O) groups is 3. The van der Waals surface area contributed by atoms with Crippen LogP contribution in [0.3, 0.4) is 0 Å². The fourth-order valence-corrected chi connectivity index (χ4v) is 5.73. The van der Waals surface area contributed by atoms with E-state index in [2.05, 4.69) is 0 Å². The number of fused-ring (bicyclic) bond motifs is 2. The van der Waals surface area contributed by atoms with Gasteiger partial charge in [-0.25, -0.2) is 4.79 Å². The first kappa shape index (κ1) is 21.3. The van der Waals surface area contributed by atoms with Crippen molar-refractivity contribution in [1.82, 2.24) is 4.90 Å². The van der Waals surface area contributed by atoms with Gasteiger partial charge in [-0.3, -0.25) is 9.59 Å². The van der Waals surface area contributed by atoms with Gasteiger partial charge >= 0.3 is 5.97 Å². The lowest BCUT2D eigenvalue weighted by Gasteiger charge is -2.44. The number of ketones is 1. The molecule has 1 fully saturated rings. The summed E-state index contributed by atoms with van der Waals surface area (Å²) in [4.78, 5) is 39.2. The van der Waals surface area contributed by atoms with Gasteiger partial charge in [0.15, 0.2) is 5.78 Å². The zero-order chi connectivity index (χ0) is 23.3. The van der Waals surface area contributed by atoms with E-state index in [0.717, 1.165) is 10.1 Å². The molecule has 3 aromatic rings. The number of ether oxygens (including phenoxy) is 2. The highest BCUT2D eigenvalue weighted by atomic mass is 32.1. The number of nitrogens with zero attached hydrogens (tertiary/aromatic N) is 1. The summed E-state index contributed by atoms with van der Waals surface area (Å²) in [6, 6.07) is 9.89. The predicted octanol–water partition coefficient (Wildman–Crippen LogP) is 3.83. The molecule has 0 saturated carbocycles. The van der Waals surface area contributed by atoms with Gasteiger partial charge in [-0.15, -0.1) is 11.3 Å². The maximum atomic E-state index is 13.4. The van der Waals surface area contributed by atoms with Crippen molar-refractivity contribution in [2.75, 3.05) is 25.9 Å². The fourth-order valence-electron chi connectivity index (χ4n) is 4.67. The Morgan fingerprint density at radius 2 is 1.97 bits per heavy atom. The molecule has 2 aliphatic heterocycles. The van der Waals surface area contributed by atoms with Gasteiger partial charge in [-0.2, -0.15) is 0 Å². The van der Waals surface area contributed by atoms with Crippen molar-refractivity contribution in [2.45, 2.75) is 24.9 Å². The van der Waals surface area contributed by atoms with Gasteiger partial charge in [0.1, 0.15) is 17.1 Å². The highest BCUT2D eigenvalue weighted by Crippen LogP contribution is 2.42. The molecule has 2 aromatic carbocycles. The van der Waals surface area contributed by atoms with E-state index >= 15 is 0 Å². The molecule has 9 heteroatoms. The summed E-state index contributed by atoms with van der Waals surface area (Å²) in [6.45, 7) is 0.852. The molecule has 8 nitrogen and oxygen atoms in total. The van der Waals surface area contributed by atoms with Crippen LogP contribution in [0, 0.1) is 0 Å². The van der Waals surface area contributed by atoms with Gasteiger partial charge in [0.05, 0.1) is 39.9 Å². The average molecular weight is 467 g/mol. The number of anilines is 1. The van der Waals surface area contributed by atoms with E-state index in [1.165, 1.54) is 23.5 Å². The second-order valence-corrected chi connectivity index (χ2v) is 9.42. The van der Waals surface area contributed by atoms with Crippen LogP contribution in [-0.2, 0) is 0 Å². The number of nitrogens with two attached hydrogens (primary N) is 1. The van der Waals surface area contributed by atoms with E-state index in [4.69, 9.17) is 15.2 Å². The molecule has 0 radical (unpaired) electrons. The highest BCUT2D eigenvalue weighted by Gasteiger charge is 2.44. The molecule has 2 aliphatic rings. The molecular formula is C24H22N2O6S. The van der Waals surface area contributed by atoms with E-state index in [1.54, 1.807) is 18.1 Å². The molecular weight excluding hydrogens is 444 g/mol. The minimum atomic E-state index is -1.09. The Hall–Kier alpha value is -3.59. The van der Waals surface area contributed by atoms with Crippen LogP contribution in [0.4, 0.5) is 5.00 Å². The molecule has 1 amide bonds. The fraction of sp³-hybridized carbons (Fsp3) is 0.292. The van der Waals surface area contributed by atoms with Gasteiger partial charge in [-0.1, -0.05) is 12.1 Å². The second-order valence-electron chi connectivity index (χ2n) is 8.37. The predicted molar refractivity (Wildman–Crippen MR) is 124 cm³/mol. The Bertz CT molecular complexity index is 1310. The molecule has 1 saturated heterocycles. The van der Waals surface area contributed by atoms with Crippen molar-refractivity contribution in [1.29, 1.82) is 0 Å². The Labute approximate surface area is 193 Å². The summed E-state index contributed by atoms with van der Waals surface area (Å²) in [6.07, 6.45) is 1.15. The number of carboxylic acids is 1. The summed E-state index contributed by atoms with van der Waals surface area (Å²) in [5.41, 5.74) is 6.37. The minimum absolute atomic E-state index is 0.0549. The maximum absolute atomic E-state index is 13.4. The molecule has 0 aliphatic carbocycles. The van der Waals surface area contributed by atoms with Crippen molar-refractivity contribution in [3.8, 4) is 11.5 Å². The smallest absolute Gasteiger partial charge is 0.335 e. The first-order valence-corrected chi connectivity index (χ1v) is 11.4. The van der Waals surface area contributed by atoms with Crippen LogP contribution in [0.5, 0.6) is 11.5 Å². The number of Topliss-reactive ketones (excluding diaryl/α,β-unsaturated/α-hetero) is 1. The van der Waals surface area contributed by atoms with Crippen molar-refractivity contribution in [3.05, 3.63) is 53.1 Å². The van der Waals surface area contributed by atoms with E-state index in [9.17, 15) is 19.5 Å². The molecule has 170 valence electrons. The van der Waals surface area contributed by atoms with Crippen LogP contribution in [0.2, 0.25) is 0 Å². The monoisotopic (exact) mass is 466 g/mol. The molecule has 33 heavy (non-hydrogen) atoms. The molecule has 5 rings (SSSR count). The van der Waals surface area contributed by atoms with Gasteiger partial charge in [0.25, 0.3) is 5.91 Å². The number of benzene rings is 2. The number of rotatable bonds is 3. The number of piperidine rings is 1. The number of nitrogen functional groups attached to an aromatic ring is 1. The number of thiophene rings is 1. The van der Waals surface area contributed by atoms with E-state index in [-0.39, 0.29) is 23.7 Å². The number of hydrogen-bond donors (Lipinski definition) is 2. The maximum Gasteiger partial charge on any atom is 0.335 e. The Morgan fingerprint density at radius 1 is 1.21 bits per heavy atom. The Morgan fingerprint density at radius 3 is 2.67 bits per heavy atom. The third kappa shape index (κ3) is 3.48. The van der Waals surface area contributed by atoms with Crippen molar-refractivity contribution < 1.29 is 29.0 Å². The first-order chi connectivity index (χ1) is 15.8. The first-order valence-electron chi connectivity index (χ1n) is 10.6. The molecule has 0 bridgehead atoms. The van der Waals surface area contributed by atoms with Crippen LogP contribution in [0.25, 0.3) is 10.1 Å². The quantitative estimate of drug-likeness (QED) is 0.602. The SMILES string of the molecule is COc1cccc2c(C(=O)N3CCC4(CC3)CC(=O)c3cc(C(=O)O)ccc3O4)c(N)sc12. The molecule has 3 heterocycles. The minimum Gasteiger partial charge on any atom is -0.495 e. The third-order valence-corrected chi connectivity index (χ3v) is 7.49. The molecule has 1 aromatic heterocycles. The zero-order valence-electron chi connectivity index (χ0n) is 17.9. The molecule has 3 N–H and O–H groups in total. The number of carbonyl (C=O) groups excluding carboxylic acids is 2. The van der Waals surface area contributed by atoms with Crippen LogP contribution in [-0.4, -0.2) is 53.5 Å². The van der Waals surface area contributed by atoms with Gasteiger partial charge in [-0.05, 0) is 24.3 Å². The largest absolute Gasteiger partial charge is 0.495 e. The molecule has 1 spiro atoms. The number of carboxylic acid groups (broad SMARTS) is 1. The lowest BCUT2D eigenvalue weighted by Crippen LogP contribution is -2.52. The highest BCUT2D eigenvalue weighted by molar-refractivity contribution is 7.23. The number of likely N-dealkylation sites (tertiary alicyclic amines) is 1. The van der Waals surface area contributed by atoms with Crippen LogP contribution in [0.1, 0.15) is 50.3 Å². The normalized spacial score (nSPS) is 17.0.